The Morgan fingerprint density at radius 2 is 1.53 bits per heavy atom. The summed E-state index contributed by atoms with van der Waals surface area (Å²) >= 11 is 0. The van der Waals surface area contributed by atoms with Crippen molar-refractivity contribution in [1.29, 1.82) is 0 Å². The van der Waals surface area contributed by atoms with Gasteiger partial charge in [-0.05, 0) is 36.6 Å². The Kier molecular flexibility index (Phi) is 13.6. The first-order chi connectivity index (χ1) is 25.8. The molecular formula is C42H51NO12. The number of fused-ring (bicyclic) bond motifs is 1. The average molecular weight is 762 g/mol. The van der Waals surface area contributed by atoms with Gasteiger partial charge >= 0.3 is 29.8 Å². The second-order valence-corrected chi connectivity index (χ2v) is 15.2. The van der Waals surface area contributed by atoms with Crippen LogP contribution in [0.3, 0.4) is 0 Å². The second-order valence-electron chi connectivity index (χ2n) is 15.2. The minimum Gasteiger partial charge on any atom is -0.461 e. The van der Waals surface area contributed by atoms with Crippen LogP contribution in [0.1, 0.15) is 88.9 Å². The van der Waals surface area contributed by atoms with Gasteiger partial charge in [-0.2, -0.15) is 0 Å². The molecule has 296 valence electrons. The lowest BCUT2D eigenvalue weighted by Gasteiger charge is -2.44. The van der Waals surface area contributed by atoms with E-state index in [-0.39, 0.29) is 29.5 Å². The Balaban J connectivity index is 2.07. The third-order valence-corrected chi connectivity index (χ3v) is 10.1. The van der Waals surface area contributed by atoms with Crippen LogP contribution in [0.2, 0.25) is 0 Å². The van der Waals surface area contributed by atoms with E-state index in [0.717, 1.165) is 6.92 Å². The highest BCUT2D eigenvalue weighted by molar-refractivity contribution is 5.92. The van der Waals surface area contributed by atoms with E-state index in [9.17, 15) is 33.9 Å². The number of carbonyl (C=O) groups is 6. The third kappa shape index (κ3) is 9.56. The first kappa shape index (κ1) is 42.6. The number of nitrogens with zero attached hydrogens (tertiary/aromatic N) is 1. The second kappa shape index (κ2) is 17.5. The summed E-state index contributed by atoms with van der Waals surface area (Å²) in [5.74, 6) is -8.54. The number of rotatable bonds is 9. The van der Waals surface area contributed by atoms with Crippen molar-refractivity contribution in [3.05, 3.63) is 90.3 Å². The van der Waals surface area contributed by atoms with Crippen molar-refractivity contribution in [2.24, 2.45) is 29.1 Å². The highest BCUT2D eigenvalue weighted by Gasteiger charge is 2.63. The maximum absolute atomic E-state index is 14.5. The van der Waals surface area contributed by atoms with Crippen LogP contribution in [0.25, 0.3) is 0 Å². The van der Waals surface area contributed by atoms with Gasteiger partial charge in [0.1, 0.15) is 17.8 Å². The van der Waals surface area contributed by atoms with Gasteiger partial charge in [0.05, 0.1) is 23.0 Å². The molecule has 0 unspecified atom stereocenters. The van der Waals surface area contributed by atoms with Crippen LogP contribution in [0.4, 0.5) is 0 Å². The van der Waals surface area contributed by atoms with Gasteiger partial charge in [0.15, 0.2) is 24.1 Å². The molecule has 0 radical (unpaired) electrons. The number of ketones is 1. The molecule has 4 rings (SSSR count). The molecule has 0 saturated heterocycles. The van der Waals surface area contributed by atoms with Gasteiger partial charge in [0, 0.05) is 42.6 Å². The molecule has 1 aromatic carbocycles. The minimum absolute atomic E-state index is 0.0359. The molecule has 2 aromatic rings. The van der Waals surface area contributed by atoms with Crippen molar-refractivity contribution < 1.29 is 57.6 Å². The molecule has 2 aliphatic carbocycles. The van der Waals surface area contributed by atoms with Crippen LogP contribution in [0.15, 0.2) is 79.2 Å². The Morgan fingerprint density at radius 1 is 0.891 bits per heavy atom. The Labute approximate surface area is 321 Å². The van der Waals surface area contributed by atoms with Gasteiger partial charge in [-0.3, -0.25) is 24.2 Å². The molecule has 55 heavy (non-hydrogen) atoms. The summed E-state index contributed by atoms with van der Waals surface area (Å²) in [5.41, 5.74) is -3.63. The van der Waals surface area contributed by atoms with E-state index in [1.807, 2.05) is 0 Å². The molecule has 1 fully saturated rings. The number of hydrogen-bond acceptors (Lipinski definition) is 13. The van der Waals surface area contributed by atoms with Crippen LogP contribution < -0.4 is 0 Å². The summed E-state index contributed by atoms with van der Waals surface area (Å²) in [5, 5.41) is 12.5. The molecule has 0 aliphatic heterocycles. The number of Topliss-reactive ketones (excluding diaryl/α,β-unsaturated/α-hetero) is 1. The molecule has 1 N–H and O–H groups in total. The van der Waals surface area contributed by atoms with Crippen LogP contribution in [0.5, 0.6) is 0 Å². The lowest BCUT2D eigenvalue weighted by molar-refractivity contribution is -0.177. The monoisotopic (exact) mass is 761 g/mol. The lowest BCUT2D eigenvalue weighted by Crippen LogP contribution is -2.58. The molecule has 0 bridgehead atoms. The standard InChI is InChI=1S/C42H51NO12/c1-10-30(45)52-32-25(5)21-42(50)31(32)33(51-27(7)44)26(6)34(53-38(47)23(2)3)35(54-39(48)28-15-12-11-13-16-28)37(41(8,9)19-18-24(4)36(42)46)55-40(49)29-17-14-20-43-22-29/h11-20,22-25,31-35,37,50H,6,10,21H2,1-5,7-9H3/t24-,25+,31-,32+,33+,34+,35-,37-,42-/m1/s1. The highest BCUT2D eigenvalue weighted by Crippen LogP contribution is 2.49. The number of allylic oxidation sites excluding steroid dienone is 1. The van der Waals surface area contributed by atoms with Crippen molar-refractivity contribution in [3.8, 4) is 0 Å². The number of hydrogen-bond donors (Lipinski definition) is 1. The minimum atomic E-state index is -2.26. The van der Waals surface area contributed by atoms with E-state index in [1.165, 1.54) is 42.7 Å². The Hall–Kier alpha value is -5.17. The van der Waals surface area contributed by atoms with Gasteiger partial charge in [-0.25, -0.2) is 9.59 Å². The summed E-state index contributed by atoms with van der Waals surface area (Å²) < 4.78 is 30.3. The van der Waals surface area contributed by atoms with Gasteiger partial charge < -0.3 is 28.8 Å². The van der Waals surface area contributed by atoms with E-state index in [1.54, 1.807) is 72.7 Å². The van der Waals surface area contributed by atoms with Gasteiger partial charge in [-0.15, -0.1) is 0 Å². The molecular weight excluding hydrogens is 710 g/mol. The van der Waals surface area contributed by atoms with Crippen molar-refractivity contribution in [3.63, 3.8) is 0 Å². The maximum Gasteiger partial charge on any atom is 0.340 e. The third-order valence-electron chi connectivity index (χ3n) is 10.1. The molecule has 13 nitrogen and oxygen atoms in total. The van der Waals surface area contributed by atoms with Crippen molar-refractivity contribution in [2.45, 2.75) is 104 Å². The highest BCUT2D eigenvalue weighted by atomic mass is 16.6. The van der Waals surface area contributed by atoms with Crippen molar-refractivity contribution in [2.75, 3.05) is 0 Å². The predicted molar refractivity (Wildman–Crippen MR) is 198 cm³/mol. The van der Waals surface area contributed by atoms with Gasteiger partial charge in [-0.1, -0.05) is 85.4 Å². The molecule has 0 spiro atoms. The Bertz CT molecular complexity index is 1790. The molecule has 9 atom stereocenters. The first-order valence-corrected chi connectivity index (χ1v) is 18.4. The Morgan fingerprint density at radius 3 is 2.11 bits per heavy atom. The summed E-state index contributed by atoms with van der Waals surface area (Å²) in [6.07, 6.45) is -2.13. The molecule has 2 aliphatic rings. The van der Waals surface area contributed by atoms with Crippen LogP contribution in [-0.2, 0) is 42.9 Å². The van der Waals surface area contributed by atoms with E-state index in [4.69, 9.17) is 23.7 Å². The summed E-state index contributed by atoms with van der Waals surface area (Å²) in [6.45, 7) is 16.6. The average Bonchev–Trinajstić information content (AvgIpc) is 3.40. The predicted octanol–water partition coefficient (Wildman–Crippen LogP) is 5.40. The van der Waals surface area contributed by atoms with E-state index in [0.29, 0.717) is 0 Å². The zero-order chi connectivity index (χ0) is 40.8. The molecule has 13 heteroatoms. The number of ether oxygens (including phenoxy) is 5. The topological polar surface area (TPSA) is 182 Å². The van der Waals surface area contributed by atoms with Gasteiger partial charge in [0.25, 0.3) is 0 Å². The number of aromatic nitrogens is 1. The van der Waals surface area contributed by atoms with Crippen molar-refractivity contribution in [1.82, 2.24) is 4.98 Å². The summed E-state index contributed by atoms with van der Waals surface area (Å²) in [4.78, 5) is 85.8. The van der Waals surface area contributed by atoms with E-state index >= 15 is 0 Å². The number of esters is 5. The van der Waals surface area contributed by atoms with Crippen LogP contribution in [-0.4, -0.2) is 81.8 Å². The van der Waals surface area contributed by atoms with Gasteiger partial charge in [0.2, 0.25) is 0 Å². The summed E-state index contributed by atoms with van der Waals surface area (Å²) in [6, 6.07) is 11.0. The number of benzene rings is 1. The smallest absolute Gasteiger partial charge is 0.340 e. The number of pyridine rings is 1. The van der Waals surface area contributed by atoms with E-state index < -0.39 is 101 Å². The van der Waals surface area contributed by atoms with Crippen LogP contribution in [0, 0.1) is 29.1 Å². The zero-order valence-electron chi connectivity index (χ0n) is 32.6. The quantitative estimate of drug-likeness (QED) is 0.195. The van der Waals surface area contributed by atoms with E-state index in [2.05, 4.69) is 11.6 Å². The fraction of sp³-hybridized carbons (Fsp3) is 0.500. The fourth-order valence-corrected chi connectivity index (χ4v) is 7.14. The SMILES string of the molecule is C=C1[C@H](OC(=O)C(C)C)[C@@H](OC(=O)c2ccccc2)[C@@H](OC(=O)c2cccnc2)C(C)(C)C=C[C@@H](C)C(=O)[C@@]2(O)C[C@H](C)[C@H](OC(=O)CC)[C@@H]2[C@H]1OC(C)=O. The largest absolute Gasteiger partial charge is 0.461 e. The number of carbonyl (C=O) groups excluding carboxylic acids is 6. The summed E-state index contributed by atoms with van der Waals surface area (Å²) in [7, 11) is 0. The normalized spacial score (nSPS) is 29.2. The zero-order valence-corrected chi connectivity index (χ0v) is 32.6. The van der Waals surface area contributed by atoms with Crippen LogP contribution >= 0.6 is 0 Å². The first-order valence-electron chi connectivity index (χ1n) is 18.4. The maximum atomic E-state index is 14.5. The molecule has 1 aromatic heterocycles. The fourth-order valence-electron chi connectivity index (χ4n) is 7.14. The molecule has 0 amide bonds. The van der Waals surface area contributed by atoms with Crippen molar-refractivity contribution >= 4 is 35.6 Å². The lowest BCUT2D eigenvalue weighted by atomic mass is 9.72. The number of aliphatic hydroxyl groups is 1. The molecule has 1 heterocycles. The molecule has 1 saturated carbocycles.